The lowest BCUT2D eigenvalue weighted by Crippen LogP contribution is -2.45. The minimum absolute atomic E-state index is 0.0773. The maximum Gasteiger partial charge on any atom is 0.220 e. The maximum atomic E-state index is 12.4. The smallest absolute Gasteiger partial charge is 0.220 e. The van der Waals surface area contributed by atoms with E-state index >= 15 is 0 Å². The Morgan fingerprint density at radius 1 is 0.387 bits per heavy atom. The van der Waals surface area contributed by atoms with E-state index in [4.69, 9.17) is 0 Å². The molecule has 4 nitrogen and oxygen atoms in total. The molecule has 3 N–H and O–H groups in total. The molecule has 0 bridgehead atoms. The van der Waals surface area contributed by atoms with Gasteiger partial charge >= 0.3 is 0 Å². The van der Waals surface area contributed by atoms with Crippen LogP contribution in [0.1, 0.15) is 271 Å². The summed E-state index contributed by atoms with van der Waals surface area (Å²) in [4.78, 5) is 12.4. The lowest BCUT2D eigenvalue weighted by molar-refractivity contribution is -0.123. The molecule has 0 aliphatic heterocycles. The van der Waals surface area contributed by atoms with E-state index in [1.54, 1.807) is 6.08 Å². The minimum Gasteiger partial charge on any atom is -0.394 e. The van der Waals surface area contributed by atoms with E-state index in [1.165, 1.54) is 199 Å². The van der Waals surface area contributed by atoms with Gasteiger partial charge in [0.25, 0.3) is 0 Å². The van der Waals surface area contributed by atoms with Crippen molar-refractivity contribution in [1.82, 2.24) is 5.32 Å². The monoisotopic (exact) mass is 864 g/mol. The summed E-state index contributed by atoms with van der Waals surface area (Å²) in [5.41, 5.74) is 0. The third-order valence-electron chi connectivity index (χ3n) is 12.1. The van der Waals surface area contributed by atoms with Gasteiger partial charge in [-0.25, -0.2) is 0 Å². The second-order valence-electron chi connectivity index (χ2n) is 18.3. The van der Waals surface area contributed by atoms with Gasteiger partial charge in [0, 0.05) is 6.42 Å². The van der Waals surface area contributed by atoms with Gasteiger partial charge in [-0.2, -0.15) is 0 Å². The van der Waals surface area contributed by atoms with Crippen LogP contribution in [0.25, 0.3) is 0 Å². The second-order valence-corrected chi connectivity index (χ2v) is 18.3. The van der Waals surface area contributed by atoms with E-state index in [0.717, 1.165) is 51.4 Å². The van der Waals surface area contributed by atoms with Crippen LogP contribution in [0.5, 0.6) is 0 Å². The average molecular weight is 864 g/mol. The summed E-state index contributed by atoms with van der Waals surface area (Å²) in [6.07, 6.45) is 76.3. The molecule has 4 heteroatoms. The van der Waals surface area contributed by atoms with E-state index in [0.29, 0.717) is 6.42 Å². The fourth-order valence-corrected chi connectivity index (χ4v) is 7.98. The van der Waals surface area contributed by atoms with Gasteiger partial charge in [0.2, 0.25) is 5.91 Å². The molecule has 0 aromatic carbocycles. The first-order valence-electron chi connectivity index (χ1n) is 27.2. The van der Waals surface area contributed by atoms with Crippen LogP contribution in [-0.4, -0.2) is 34.9 Å². The summed E-state index contributed by atoms with van der Waals surface area (Å²) < 4.78 is 0. The molecular formula is C58H105NO3. The Morgan fingerprint density at radius 2 is 0.677 bits per heavy atom. The highest BCUT2D eigenvalue weighted by atomic mass is 16.3. The first-order chi connectivity index (χ1) is 30.7. The zero-order valence-electron chi connectivity index (χ0n) is 41.4. The molecule has 1 amide bonds. The van der Waals surface area contributed by atoms with Crippen molar-refractivity contribution in [1.29, 1.82) is 0 Å². The SMILES string of the molecule is CCCCCCC/C=C\C/C=C\C/C=C\CCCCCCCCCCCCCCCCCCCCC(=O)NC(CO)C(O)/C=C/CC/C=C/CC/C=C/CCCCCCCCC. The average Bonchev–Trinajstić information content (AvgIpc) is 3.28. The van der Waals surface area contributed by atoms with Crippen LogP contribution in [0, 0.1) is 0 Å². The zero-order chi connectivity index (χ0) is 44.9. The van der Waals surface area contributed by atoms with Crippen molar-refractivity contribution >= 4 is 5.91 Å². The Kier molecular flexibility index (Phi) is 51.3. The first kappa shape index (κ1) is 59.8. The Labute approximate surface area is 387 Å². The van der Waals surface area contributed by atoms with Crippen LogP contribution >= 0.6 is 0 Å². The molecule has 62 heavy (non-hydrogen) atoms. The van der Waals surface area contributed by atoms with E-state index < -0.39 is 12.1 Å². The Bertz CT molecular complexity index is 1070. The molecule has 0 spiro atoms. The van der Waals surface area contributed by atoms with Gasteiger partial charge in [0.05, 0.1) is 18.8 Å². The van der Waals surface area contributed by atoms with Crippen molar-refractivity contribution < 1.29 is 15.0 Å². The first-order valence-corrected chi connectivity index (χ1v) is 27.2. The van der Waals surface area contributed by atoms with Gasteiger partial charge in [-0.05, 0) is 83.5 Å². The molecule has 0 aliphatic carbocycles. The molecule has 0 saturated heterocycles. The van der Waals surface area contributed by atoms with Gasteiger partial charge in [0.15, 0.2) is 0 Å². The summed E-state index contributed by atoms with van der Waals surface area (Å²) in [7, 11) is 0. The number of amides is 1. The number of allylic oxidation sites excluding steroid dienone is 11. The standard InChI is InChI=1S/C58H105NO3/c1-3-5-7-9-11-13-15-17-19-21-22-23-24-25-26-27-28-29-30-31-32-33-34-35-36-38-40-42-44-46-48-50-52-54-58(62)59-56(55-60)57(61)53-51-49-47-45-43-41-39-37-20-18-16-14-12-10-8-6-4-2/h15,17,20-22,24-25,37,43,45,51,53,56-57,60-61H,3-14,16,18-19,23,26-36,38-42,44,46-50,52,54-55H2,1-2H3,(H,59,62)/b17-15-,22-21-,25-24-,37-20+,45-43+,53-51+. The molecule has 0 fully saturated rings. The highest BCUT2D eigenvalue weighted by Gasteiger charge is 2.17. The Morgan fingerprint density at radius 3 is 1.05 bits per heavy atom. The van der Waals surface area contributed by atoms with Crippen molar-refractivity contribution in [3.05, 3.63) is 72.9 Å². The molecule has 0 aromatic rings. The van der Waals surface area contributed by atoms with E-state index in [1.807, 2.05) is 6.08 Å². The number of carbonyl (C=O) groups is 1. The molecule has 0 aromatic heterocycles. The van der Waals surface area contributed by atoms with Crippen molar-refractivity contribution in [2.45, 2.75) is 283 Å². The van der Waals surface area contributed by atoms with Crippen molar-refractivity contribution in [2.24, 2.45) is 0 Å². The summed E-state index contributed by atoms with van der Waals surface area (Å²) in [5, 5.41) is 23.1. The number of aliphatic hydroxyl groups is 2. The van der Waals surface area contributed by atoms with Crippen molar-refractivity contribution in [2.75, 3.05) is 6.61 Å². The van der Waals surface area contributed by atoms with E-state index in [9.17, 15) is 15.0 Å². The van der Waals surface area contributed by atoms with Crippen LogP contribution in [0.15, 0.2) is 72.9 Å². The molecule has 0 rings (SSSR count). The van der Waals surface area contributed by atoms with Crippen LogP contribution < -0.4 is 5.32 Å². The van der Waals surface area contributed by atoms with Gasteiger partial charge < -0.3 is 15.5 Å². The molecule has 0 radical (unpaired) electrons. The lowest BCUT2D eigenvalue weighted by Gasteiger charge is -2.19. The fourth-order valence-electron chi connectivity index (χ4n) is 7.98. The number of rotatable bonds is 49. The highest BCUT2D eigenvalue weighted by molar-refractivity contribution is 5.76. The Hall–Kier alpha value is -2.17. The van der Waals surface area contributed by atoms with Gasteiger partial charge in [-0.1, -0.05) is 254 Å². The predicted molar refractivity (Wildman–Crippen MR) is 276 cm³/mol. The van der Waals surface area contributed by atoms with Crippen molar-refractivity contribution in [3.63, 3.8) is 0 Å². The van der Waals surface area contributed by atoms with Crippen molar-refractivity contribution in [3.8, 4) is 0 Å². The third kappa shape index (κ3) is 48.9. The molecular weight excluding hydrogens is 759 g/mol. The molecule has 2 atom stereocenters. The largest absolute Gasteiger partial charge is 0.394 e. The maximum absolute atomic E-state index is 12.4. The molecule has 2 unspecified atom stereocenters. The summed E-state index contributed by atoms with van der Waals surface area (Å²) >= 11 is 0. The molecule has 360 valence electrons. The quantitative estimate of drug-likeness (QED) is 0.0421. The Balaban J connectivity index is 3.52. The molecule has 0 saturated carbocycles. The topological polar surface area (TPSA) is 69.6 Å². The summed E-state index contributed by atoms with van der Waals surface area (Å²) in [6, 6.07) is -0.647. The van der Waals surface area contributed by atoms with Gasteiger partial charge in [-0.15, -0.1) is 0 Å². The van der Waals surface area contributed by atoms with Crippen LogP contribution in [0.3, 0.4) is 0 Å². The minimum atomic E-state index is -0.872. The van der Waals surface area contributed by atoms with E-state index in [2.05, 4.69) is 79.9 Å². The molecule has 0 aliphatic rings. The summed E-state index contributed by atoms with van der Waals surface area (Å²) in [6.45, 7) is 4.28. The van der Waals surface area contributed by atoms with Crippen LogP contribution in [0.2, 0.25) is 0 Å². The third-order valence-corrected chi connectivity index (χ3v) is 12.1. The second kappa shape index (κ2) is 53.2. The summed E-state index contributed by atoms with van der Waals surface area (Å²) in [5.74, 6) is -0.0773. The van der Waals surface area contributed by atoms with Crippen LogP contribution in [-0.2, 0) is 4.79 Å². The molecule has 0 heterocycles. The fraction of sp³-hybridized carbons (Fsp3) is 0.776. The highest BCUT2D eigenvalue weighted by Crippen LogP contribution is 2.16. The number of nitrogens with one attached hydrogen (secondary N) is 1. The zero-order valence-corrected chi connectivity index (χ0v) is 41.4. The van der Waals surface area contributed by atoms with E-state index in [-0.39, 0.29) is 12.5 Å². The number of carbonyl (C=O) groups excluding carboxylic acids is 1. The lowest BCUT2D eigenvalue weighted by atomic mass is 10.0. The number of hydrogen-bond acceptors (Lipinski definition) is 3. The number of hydrogen-bond donors (Lipinski definition) is 3. The number of unbranched alkanes of at least 4 members (excludes halogenated alkanes) is 32. The van der Waals surface area contributed by atoms with Gasteiger partial charge in [0.1, 0.15) is 0 Å². The normalized spacial score (nSPS) is 13.4. The number of aliphatic hydroxyl groups excluding tert-OH is 2. The van der Waals surface area contributed by atoms with Gasteiger partial charge in [-0.3, -0.25) is 4.79 Å². The van der Waals surface area contributed by atoms with Crippen LogP contribution in [0.4, 0.5) is 0 Å². The predicted octanol–water partition coefficient (Wildman–Crippen LogP) is 17.8.